The van der Waals surface area contributed by atoms with Crippen LogP contribution in [0.15, 0.2) is 42.5 Å². The minimum atomic E-state index is -1.70. The lowest BCUT2D eigenvalue weighted by Crippen LogP contribution is -3.00. The molecule has 0 bridgehead atoms. The number of carbonyl (C=O) groups excluding carboxylic acids is 2. The average molecular weight is 668 g/mol. The van der Waals surface area contributed by atoms with Gasteiger partial charge in [-0.15, -0.1) is 37.2 Å². The van der Waals surface area contributed by atoms with Crippen LogP contribution in [0, 0.1) is 17.5 Å². The number of hydrogen-bond donors (Lipinski definition) is 5. The first kappa shape index (κ1) is 43.6. The molecule has 0 aliphatic rings. The summed E-state index contributed by atoms with van der Waals surface area (Å²) in [6.07, 6.45) is 1.63. The molecule has 8 N–H and O–H groups in total. The van der Waals surface area contributed by atoms with E-state index in [9.17, 15) is 22.8 Å². The number of aryl methyl sites for hydroxylation is 1. The number of hydrogen-bond acceptors (Lipinski definition) is 5. The van der Waals surface area contributed by atoms with Crippen LogP contribution in [-0.4, -0.2) is 68.2 Å². The van der Waals surface area contributed by atoms with Crippen LogP contribution in [0.5, 0.6) is 0 Å². The normalized spacial score (nSPS) is 11.9. The lowest BCUT2D eigenvalue weighted by atomic mass is 10.0. The summed E-state index contributed by atoms with van der Waals surface area (Å²) in [5.41, 5.74) is 17.9. The molecule has 41 heavy (non-hydrogen) atoms. The van der Waals surface area contributed by atoms with E-state index in [1.165, 1.54) is 0 Å². The minimum Gasteiger partial charge on any atom is -1.00 e. The number of likely N-dealkylation sites (N-methyl/N-ethyl adjacent to an activating group) is 1. The molecule has 2 aromatic rings. The molecule has 0 aromatic heterocycles. The molecular weight excluding hydrogens is 627 g/mol. The molecule has 2 amide bonds. The molecule has 0 fully saturated rings. The number of benzene rings is 2. The van der Waals surface area contributed by atoms with Gasteiger partial charge in [-0.2, -0.15) is 0 Å². The molecule has 0 aliphatic heterocycles. The van der Waals surface area contributed by atoms with Crippen molar-refractivity contribution in [2.24, 2.45) is 17.2 Å². The Bertz CT molecular complexity index is 1040. The van der Waals surface area contributed by atoms with E-state index in [4.69, 9.17) is 17.2 Å². The maximum atomic E-state index is 14.1. The number of nitrogens with zero attached hydrogens (tertiary/aromatic N) is 1. The molecule has 0 saturated heterocycles. The second kappa shape index (κ2) is 21.8. The number of nitrogens with one attached hydrogen (secondary N) is 2. The number of quaternary nitrogens is 1. The van der Waals surface area contributed by atoms with Crippen molar-refractivity contribution in [3.63, 3.8) is 0 Å². The fourth-order valence-corrected chi connectivity index (χ4v) is 4.13. The van der Waals surface area contributed by atoms with Crippen molar-refractivity contribution in [1.82, 2.24) is 5.32 Å². The molecule has 0 unspecified atom stereocenters. The highest BCUT2D eigenvalue weighted by molar-refractivity contribution is 5.97. The fraction of sp³-hybridized carbons (Fsp3) is 0.462. The molecule has 2 rings (SSSR count). The smallest absolute Gasteiger partial charge is 0.247 e. The van der Waals surface area contributed by atoms with Crippen molar-refractivity contribution in [3.05, 3.63) is 65.5 Å². The number of nitrogens with two attached hydrogens (primary N) is 3. The van der Waals surface area contributed by atoms with Crippen LogP contribution in [0.2, 0.25) is 0 Å². The summed E-state index contributed by atoms with van der Waals surface area (Å²) in [6, 6.07) is 8.96. The summed E-state index contributed by atoms with van der Waals surface area (Å²) < 4.78 is 41.7. The Balaban J connectivity index is -0.00000361. The van der Waals surface area contributed by atoms with E-state index < -0.39 is 47.0 Å². The number of halogens is 7. The second-order valence-corrected chi connectivity index (χ2v) is 9.41. The summed E-state index contributed by atoms with van der Waals surface area (Å²) >= 11 is 0. The first-order valence-electron chi connectivity index (χ1n) is 12.4. The zero-order chi connectivity index (χ0) is 27.4. The van der Waals surface area contributed by atoms with Gasteiger partial charge in [-0.25, -0.2) is 13.2 Å². The van der Waals surface area contributed by atoms with Gasteiger partial charge in [0.25, 0.3) is 0 Å². The Morgan fingerprint density at radius 2 is 1.44 bits per heavy atom. The zero-order valence-electron chi connectivity index (χ0n) is 22.8. The summed E-state index contributed by atoms with van der Waals surface area (Å²) in [6.45, 7) is 3.27. The third-order valence-electron chi connectivity index (χ3n) is 6.38. The third-order valence-corrected chi connectivity index (χ3v) is 6.38. The standard InChI is InChI=1S/C26H37F3N6O2.4ClH/c1-35(16-13-30,17-14-31)15-5-8-20(32)25(36)34-22(11-9-18-6-3-2-4-7-18)26(37)33-21-12-10-19(27)23(28)24(21)29;;;;/h2-4,6-7,10,12,20,22H,5,8-9,11,13-17,30-32H2,1H3,(H-,33,34,36,37);4*1H/t20-,22-;;;;/m0..../s1. The maximum Gasteiger partial charge on any atom is 0.247 e. The van der Waals surface area contributed by atoms with E-state index in [1.54, 1.807) is 0 Å². The molecule has 0 aliphatic carbocycles. The quantitative estimate of drug-likeness (QED) is 0.134. The number of carbonyl (C=O) groups is 2. The molecule has 0 radical (unpaired) electrons. The van der Waals surface area contributed by atoms with Crippen LogP contribution in [0.4, 0.5) is 18.9 Å². The molecular formula is C26H41Cl4F3N6O2. The molecule has 2 aromatic carbocycles. The van der Waals surface area contributed by atoms with Crippen LogP contribution in [0.1, 0.15) is 24.8 Å². The molecule has 0 spiro atoms. The highest BCUT2D eigenvalue weighted by Crippen LogP contribution is 2.20. The first-order chi connectivity index (χ1) is 17.6. The third kappa shape index (κ3) is 14.3. The van der Waals surface area contributed by atoms with Crippen molar-refractivity contribution in [1.29, 1.82) is 0 Å². The topological polar surface area (TPSA) is 136 Å². The van der Waals surface area contributed by atoms with Crippen LogP contribution >= 0.6 is 37.2 Å². The van der Waals surface area contributed by atoms with E-state index in [2.05, 4.69) is 10.6 Å². The average Bonchev–Trinajstić information content (AvgIpc) is 2.87. The Hall–Kier alpha value is -1.83. The number of amides is 2. The van der Waals surface area contributed by atoms with Crippen molar-refractivity contribution in [3.8, 4) is 0 Å². The van der Waals surface area contributed by atoms with Crippen LogP contribution in [-0.2, 0) is 16.0 Å². The van der Waals surface area contributed by atoms with Crippen LogP contribution in [0.3, 0.4) is 0 Å². The van der Waals surface area contributed by atoms with E-state index in [0.717, 1.165) is 31.3 Å². The Morgan fingerprint density at radius 3 is 2.00 bits per heavy atom. The van der Waals surface area contributed by atoms with Gasteiger partial charge in [0, 0.05) is 13.1 Å². The fourth-order valence-electron chi connectivity index (χ4n) is 4.13. The van der Waals surface area contributed by atoms with Gasteiger partial charge >= 0.3 is 0 Å². The lowest BCUT2D eigenvalue weighted by molar-refractivity contribution is -0.907. The predicted octanol–water partition coefficient (Wildman–Crippen LogP) is -0.0991. The molecule has 8 nitrogen and oxygen atoms in total. The van der Waals surface area contributed by atoms with Gasteiger partial charge in [-0.1, -0.05) is 30.3 Å². The largest absolute Gasteiger partial charge is 1.00 e. The highest BCUT2D eigenvalue weighted by Gasteiger charge is 2.26. The lowest BCUT2D eigenvalue weighted by Gasteiger charge is -2.34. The van der Waals surface area contributed by atoms with Crippen molar-refractivity contribution in [2.75, 3.05) is 45.1 Å². The monoisotopic (exact) mass is 666 g/mol. The van der Waals surface area contributed by atoms with E-state index in [-0.39, 0.29) is 56.0 Å². The van der Waals surface area contributed by atoms with Gasteiger partial charge in [-0.3, -0.25) is 9.59 Å². The minimum absolute atomic E-state index is 0. The highest BCUT2D eigenvalue weighted by atomic mass is 35.5. The maximum absolute atomic E-state index is 14.1. The van der Waals surface area contributed by atoms with Crippen LogP contribution in [0.25, 0.3) is 0 Å². The molecule has 2 atom stereocenters. The van der Waals surface area contributed by atoms with Gasteiger partial charge in [-0.05, 0) is 43.4 Å². The summed E-state index contributed by atoms with van der Waals surface area (Å²) in [5.74, 6) is -5.89. The Kier molecular flexibility index (Phi) is 23.2. The first-order valence-corrected chi connectivity index (χ1v) is 12.4. The summed E-state index contributed by atoms with van der Waals surface area (Å²) in [4.78, 5) is 25.8. The summed E-state index contributed by atoms with van der Waals surface area (Å²) in [7, 11) is 2.05. The summed E-state index contributed by atoms with van der Waals surface area (Å²) in [5, 5.41) is 4.89. The van der Waals surface area contributed by atoms with E-state index in [0.29, 0.717) is 42.9 Å². The van der Waals surface area contributed by atoms with Crippen LogP contribution < -0.4 is 40.2 Å². The molecule has 0 heterocycles. The number of anilines is 1. The molecule has 236 valence electrons. The second-order valence-electron chi connectivity index (χ2n) is 9.41. The van der Waals surface area contributed by atoms with Gasteiger partial charge in [0.05, 0.1) is 38.4 Å². The van der Waals surface area contributed by atoms with Crippen molar-refractivity contribution >= 4 is 54.7 Å². The predicted molar refractivity (Wildman–Crippen MR) is 159 cm³/mol. The van der Waals surface area contributed by atoms with Crippen molar-refractivity contribution in [2.45, 2.75) is 37.8 Å². The molecule has 0 saturated carbocycles. The van der Waals surface area contributed by atoms with Gasteiger partial charge in [0.15, 0.2) is 17.5 Å². The zero-order valence-corrected chi connectivity index (χ0v) is 26.0. The Labute approximate surface area is 264 Å². The number of rotatable bonds is 15. The van der Waals surface area contributed by atoms with Gasteiger partial charge < -0.3 is 44.7 Å². The van der Waals surface area contributed by atoms with Crippen molar-refractivity contribution < 1.29 is 39.7 Å². The van der Waals surface area contributed by atoms with E-state index in [1.807, 2.05) is 37.4 Å². The Morgan fingerprint density at radius 1 is 0.854 bits per heavy atom. The van der Waals surface area contributed by atoms with E-state index >= 15 is 0 Å². The molecule has 15 heteroatoms. The SMILES string of the molecule is C[N+](CCN)(CCN)CCC[C@H](N)C(=O)N[C@@H](CCc1ccccc1)C(=O)Nc1ccc(F)c(F)c1F.Cl.Cl.Cl.[Cl-]. The van der Waals surface area contributed by atoms with Gasteiger partial charge in [0.1, 0.15) is 6.04 Å². The van der Waals surface area contributed by atoms with Gasteiger partial charge in [0.2, 0.25) is 11.8 Å².